The maximum Gasteiger partial charge on any atom is 0.138 e. The van der Waals surface area contributed by atoms with Crippen LogP contribution in [0.5, 0.6) is 5.75 Å². The maximum atomic E-state index is 9.94. The number of benzene rings is 1. The average molecular weight is 283 g/mol. The van der Waals surface area contributed by atoms with Gasteiger partial charge in [-0.05, 0) is 19.4 Å². The van der Waals surface area contributed by atoms with Crippen LogP contribution in [0.4, 0.5) is 0 Å². The molecule has 106 valence electrons. The monoisotopic (exact) mass is 282 g/mol. The highest BCUT2D eigenvalue weighted by Gasteiger charge is 2.20. The minimum absolute atomic E-state index is 0.230. The number of phenolic OH excluding ortho intramolecular Hbond substituents is 1. The van der Waals surface area contributed by atoms with E-state index in [1.165, 1.54) is 6.42 Å². The zero-order valence-corrected chi connectivity index (χ0v) is 12.5. The third-order valence-electron chi connectivity index (χ3n) is 4.09. The van der Waals surface area contributed by atoms with Crippen LogP contribution in [0.1, 0.15) is 25.8 Å². The summed E-state index contributed by atoms with van der Waals surface area (Å²) in [6.45, 7) is 9.62. The predicted molar refractivity (Wildman–Crippen MR) is 79.7 cm³/mol. The molecule has 1 aromatic carbocycles. The number of hydrogen-bond acceptors (Lipinski definition) is 3. The van der Waals surface area contributed by atoms with E-state index in [9.17, 15) is 5.11 Å². The van der Waals surface area contributed by atoms with Gasteiger partial charge >= 0.3 is 0 Å². The molecule has 3 nitrogen and oxygen atoms in total. The molecule has 1 unspecified atom stereocenters. The Morgan fingerprint density at radius 3 is 2.58 bits per heavy atom. The molecule has 0 radical (unpaired) electrons. The van der Waals surface area contributed by atoms with Gasteiger partial charge in [0.2, 0.25) is 0 Å². The van der Waals surface area contributed by atoms with Crippen LogP contribution in [0.3, 0.4) is 0 Å². The standard InChI is InChI=1S/C15H23ClN2O/c1-3-12(2)18-9-7-17(8-10-18)11-13-5-4-6-14(16)15(13)19/h4-6,12,19H,3,7-11H2,1-2H3. The van der Waals surface area contributed by atoms with Crippen LogP contribution in [0.25, 0.3) is 0 Å². The number of nitrogens with zero attached hydrogens (tertiary/aromatic N) is 2. The van der Waals surface area contributed by atoms with Gasteiger partial charge in [0.25, 0.3) is 0 Å². The first-order valence-corrected chi connectivity index (χ1v) is 7.42. The molecule has 0 spiro atoms. The lowest BCUT2D eigenvalue weighted by Crippen LogP contribution is -2.48. The Labute approximate surface area is 120 Å². The highest BCUT2D eigenvalue weighted by molar-refractivity contribution is 6.32. The van der Waals surface area contributed by atoms with E-state index in [0.29, 0.717) is 11.1 Å². The molecule has 1 aromatic rings. The van der Waals surface area contributed by atoms with Crippen molar-refractivity contribution in [2.75, 3.05) is 26.2 Å². The van der Waals surface area contributed by atoms with Gasteiger partial charge in [0.1, 0.15) is 5.75 Å². The maximum absolute atomic E-state index is 9.94. The van der Waals surface area contributed by atoms with Gasteiger partial charge in [0, 0.05) is 44.3 Å². The fourth-order valence-electron chi connectivity index (χ4n) is 2.55. The summed E-state index contributed by atoms with van der Waals surface area (Å²) in [5.41, 5.74) is 0.921. The topological polar surface area (TPSA) is 26.7 Å². The van der Waals surface area contributed by atoms with Crippen molar-refractivity contribution < 1.29 is 5.11 Å². The van der Waals surface area contributed by atoms with Crippen molar-refractivity contribution in [1.29, 1.82) is 0 Å². The van der Waals surface area contributed by atoms with Crippen molar-refractivity contribution in [3.8, 4) is 5.75 Å². The number of halogens is 1. The van der Waals surface area contributed by atoms with Gasteiger partial charge in [-0.1, -0.05) is 30.7 Å². The molecule has 1 aliphatic rings. The SMILES string of the molecule is CCC(C)N1CCN(Cc2cccc(Cl)c2O)CC1. The fourth-order valence-corrected chi connectivity index (χ4v) is 2.74. The molecule has 0 saturated carbocycles. The van der Waals surface area contributed by atoms with Gasteiger partial charge in [-0.25, -0.2) is 0 Å². The van der Waals surface area contributed by atoms with Crippen LogP contribution >= 0.6 is 11.6 Å². The summed E-state index contributed by atoms with van der Waals surface area (Å²) >= 11 is 5.94. The van der Waals surface area contributed by atoms with Crippen molar-refractivity contribution in [1.82, 2.24) is 9.80 Å². The van der Waals surface area contributed by atoms with Crippen LogP contribution in [-0.4, -0.2) is 47.1 Å². The summed E-state index contributed by atoms with van der Waals surface area (Å²) in [5.74, 6) is 0.230. The van der Waals surface area contributed by atoms with E-state index >= 15 is 0 Å². The first-order chi connectivity index (χ1) is 9.11. The van der Waals surface area contributed by atoms with Crippen LogP contribution < -0.4 is 0 Å². The Morgan fingerprint density at radius 2 is 1.95 bits per heavy atom. The zero-order chi connectivity index (χ0) is 13.8. The molecule has 1 N–H and O–H groups in total. The molecule has 0 bridgehead atoms. The summed E-state index contributed by atoms with van der Waals surface area (Å²) in [5, 5.41) is 10.4. The quantitative estimate of drug-likeness (QED) is 0.920. The molecule has 1 saturated heterocycles. The molecule has 19 heavy (non-hydrogen) atoms. The Bertz CT molecular complexity index is 417. The Morgan fingerprint density at radius 1 is 1.26 bits per heavy atom. The normalized spacial score (nSPS) is 19.5. The molecule has 0 aliphatic carbocycles. The van der Waals surface area contributed by atoms with Gasteiger partial charge < -0.3 is 5.11 Å². The summed E-state index contributed by atoms with van der Waals surface area (Å²) < 4.78 is 0. The van der Waals surface area contributed by atoms with Gasteiger partial charge in [-0.2, -0.15) is 0 Å². The summed E-state index contributed by atoms with van der Waals surface area (Å²) in [7, 11) is 0. The average Bonchev–Trinajstić information content (AvgIpc) is 2.44. The van der Waals surface area contributed by atoms with Crippen LogP contribution in [0, 0.1) is 0 Å². The number of rotatable bonds is 4. The Balaban J connectivity index is 1.90. The van der Waals surface area contributed by atoms with Crippen molar-refractivity contribution in [2.24, 2.45) is 0 Å². The molecule has 1 aliphatic heterocycles. The van der Waals surface area contributed by atoms with E-state index in [0.717, 1.165) is 38.3 Å². The van der Waals surface area contributed by atoms with Crippen molar-refractivity contribution >= 4 is 11.6 Å². The van der Waals surface area contributed by atoms with E-state index in [1.807, 2.05) is 12.1 Å². The Hall–Kier alpha value is -0.770. The third-order valence-corrected chi connectivity index (χ3v) is 4.39. The molecular formula is C15H23ClN2O. The molecule has 2 rings (SSSR count). The number of aromatic hydroxyl groups is 1. The minimum atomic E-state index is 0.230. The van der Waals surface area contributed by atoms with Crippen molar-refractivity contribution in [3.63, 3.8) is 0 Å². The number of piperazine rings is 1. The summed E-state index contributed by atoms with van der Waals surface area (Å²) in [4.78, 5) is 4.92. The van der Waals surface area contributed by atoms with Crippen LogP contribution in [0.2, 0.25) is 5.02 Å². The molecule has 0 aromatic heterocycles. The van der Waals surface area contributed by atoms with Crippen molar-refractivity contribution in [2.45, 2.75) is 32.9 Å². The number of para-hydroxylation sites is 1. The molecule has 0 amide bonds. The highest BCUT2D eigenvalue weighted by atomic mass is 35.5. The van der Waals surface area contributed by atoms with Gasteiger partial charge in [-0.15, -0.1) is 0 Å². The second-order valence-electron chi connectivity index (χ2n) is 5.32. The van der Waals surface area contributed by atoms with E-state index in [1.54, 1.807) is 6.07 Å². The second kappa shape index (κ2) is 6.60. The smallest absolute Gasteiger partial charge is 0.138 e. The highest BCUT2D eigenvalue weighted by Crippen LogP contribution is 2.28. The summed E-state index contributed by atoms with van der Waals surface area (Å²) in [6.07, 6.45) is 1.20. The van der Waals surface area contributed by atoms with Gasteiger partial charge in [0.05, 0.1) is 5.02 Å². The zero-order valence-electron chi connectivity index (χ0n) is 11.8. The lowest BCUT2D eigenvalue weighted by Gasteiger charge is -2.37. The lowest BCUT2D eigenvalue weighted by molar-refractivity contribution is 0.0959. The van der Waals surface area contributed by atoms with Gasteiger partial charge in [-0.3, -0.25) is 9.80 Å². The first-order valence-electron chi connectivity index (χ1n) is 7.04. The third kappa shape index (κ3) is 3.62. The Kier molecular flexibility index (Phi) is 5.08. The summed E-state index contributed by atoms with van der Waals surface area (Å²) in [6, 6.07) is 6.23. The van der Waals surface area contributed by atoms with E-state index in [-0.39, 0.29) is 5.75 Å². The number of hydrogen-bond donors (Lipinski definition) is 1. The molecule has 4 heteroatoms. The lowest BCUT2D eigenvalue weighted by atomic mass is 10.1. The predicted octanol–water partition coefficient (Wildman–Crippen LogP) is 2.96. The molecule has 1 heterocycles. The van der Waals surface area contributed by atoms with E-state index in [4.69, 9.17) is 11.6 Å². The minimum Gasteiger partial charge on any atom is -0.506 e. The van der Waals surface area contributed by atoms with Crippen molar-refractivity contribution in [3.05, 3.63) is 28.8 Å². The molecule has 1 atom stereocenters. The van der Waals surface area contributed by atoms with E-state index < -0.39 is 0 Å². The first kappa shape index (κ1) is 14.6. The fraction of sp³-hybridized carbons (Fsp3) is 0.600. The molecular weight excluding hydrogens is 260 g/mol. The van der Waals surface area contributed by atoms with Gasteiger partial charge in [0.15, 0.2) is 0 Å². The number of phenols is 1. The van der Waals surface area contributed by atoms with Crippen LogP contribution in [0.15, 0.2) is 18.2 Å². The van der Waals surface area contributed by atoms with E-state index in [2.05, 4.69) is 23.6 Å². The van der Waals surface area contributed by atoms with Crippen LogP contribution in [-0.2, 0) is 6.54 Å². The molecule has 1 fully saturated rings. The second-order valence-corrected chi connectivity index (χ2v) is 5.72. The largest absolute Gasteiger partial charge is 0.506 e.